The predicted octanol–water partition coefficient (Wildman–Crippen LogP) is 1.64. The molecule has 0 spiro atoms. The highest BCUT2D eigenvalue weighted by Crippen LogP contribution is 2.33. The largest absolute Gasteiger partial charge is 0.378 e. The number of carbonyl (C=O) groups is 1. The monoisotopic (exact) mass is 268 g/mol. The highest BCUT2D eigenvalue weighted by Gasteiger charge is 2.29. The zero-order chi connectivity index (χ0) is 13.7. The Labute approximate surface area is 116 Å². The molecule has 1 amide bonds. The maximum atomic E-state index is 12.5. The predicted molar refractivity (Wildman–Crippen MR) is 75.7 cm³/mol. The smallest absolute Gasteiger partial charge is 0.227 e. The first-order chi connectivity index (χ1) is 9.20. The molecule has 1 heterocycles. The van der Waals surface area contributed by atoms with Gasteiger partial charge in [0.2, 0.25) is 5.91 Å². The molecule has 4 heteroatoms. The molecule has 0 radical (unpaired) electrons. The molecule has 2 N–H and O–H groups in total. The van der Waals surface area contributed by atoms with Crippen LogP contribution in [-0.2, 0) is 9.53 Å². The molecule has 3 atom stereocenters. The van der Waals surface area contributed by atoms with Crippen LogP contribution in [0.15, 0.2) is 0 Å². The summed E-state index contributed by atoms with van der Waals surface area (Å²) in [6.07, 6.45) is 6.19. The van der Waals surface area contributed by atoms with Crippen molar-refractivity contribution in [2.45, 2.75) is 39.0 Å². The Hall–Kier alpha value is -0.610. The number of morpholine rings is 1. The molecule has 4 nitrogen and oxygen atoms in total. The van der Waals surface area contributed by atoms with Crippen molar-refractivity contribution >= 4 is 5.91 Å². The summed E-state index contributed by atoms with van der Waals surface area (Å²) in [6, 6.07) is 0. The lowest BCUT2D eigenvalue weighted by Crippen LogP contribution is -2.46. The van der Waals surface area contributed by atoms with E-state index >= 15 is 0 Å². The van der Waals surface area contributed by atoms with Crippen LogP contribution in [0.5, 0.6) is 0 Å². The Bertz CT molecular complexity index is 290. The minimum atomic E-state index is 0.0217. The van der Waals surface area contributed by atoms with Crippen molar-refractivity contribution in [3.8, 4) is 0 Å². The van der Waals surface area contributed by atoms with Gasteiger partial charge in [0, 0.05) is 19.6 Å². The number of hydrogen-bond acceptors (Lipinski definition) is 3. The lowest BCUT2D eigenvalue weighted by molar-refractivity contribution is -0.140. The van der Waals surface area contributed by atoms with E-state index in [0.717, 1.165) is 25.4 Å². The van der Waals surface area contributed by atoms with E-state index in [1.807, 2.05) is 4.90 Å². The zero-order valence-electron chi connectivity index (χ0n) is 12.1. The number of rotatable bonds is 4. The van der Waals surface area contributed by atoms with Gasteiger partial charge in [-0.25, -0.2) is 0 Å². The van der Waals surface area contributed by atoms with Crippen LogP contribution in [0.1, 0.15) is 39.0 Å². The molecule has 0 bridgehead atoms. The summed E-state index contributed by atoms with van der Waals surface area (Å²) < 4.78 is 5.30. The summed E-state index contributed by atoms with van der Waals surface area (Å²) in [5.41, 5.74) is 5.85. The van der Waals surface area contributed by atoms with Crippen molar-refractivity contribution in [1.29, 1.82) is 0 Å². The van der Waals surface area contributed by atoms with E-state index in [0.29, 0.717) is 25.7 Å². The van der Waals surface area contributed by atoms with Crippen molar-refractivity contribution in [2.24, 2.45) is 23.5 Å². The average Bonchev–Trinajstić information content (AvgIpc) is 2.45. The van der Waals surface area contributed by atoms with E-state index < -0.39 is 0 Å². The first-order valence-corrected chi connectivity index (χ1v) is 7.77. The molecule has 1 aliphatic carbocycles. The summed E-state index contributed by atoms with van der Waals surface area (Å²) in [5.74, 6) is 1.79. The van der Waals surface area contributed by atoms with Gasteiger partial charge in [-0.05, 0) is 24.7 Å². The summed E-state index contributed by atoms with van der Waals surface area (Å²) >= 11 is 0. The second-order valence-electron chi connectivity index (χ2n) is 6.24. The van der Waals surface area contributed by atoms with Gasteiger partial charge in [-0.2, -0.15) is 0 Å². The Morgan fingerprint density at radius 2 is 2.11 bits per heavy atom. The Balaban J connectivity index is 1.85. The minimum absolute atomic E-state index is 0.0217. The van der Waals surface area contributed by atoms with Gasteiger partial charge in [0.05, 0.1) is 19.1 Å². The lowest BCUT2D eigenvalue weighted by atomic mass is 9.78. The van der Waals surface area contributed by atoms with Gasteiger partial charge in [0.1, 0.15) is 0 Å². The first kappa shape index (κ1) is 14.8. The third kappa shape index (κ3) is 4.18. The zero-order valence-corrected chi connectivity index (χ0v) is 12.1. The Morgan fingerprint density at radius 1 is 1.37 bits per heavy atom. The number of ether oxygens (including phenoxy) is 1. The van der Waals surface area contributed by atoms with Crippen molar-refractivity contribution in [2.75, 3.05) is 32.8 Å². The van der Waals surface area contributed by atoms with E-state index in [1.165, 1.54) is 25.7 Å². The summed E-state index contributed by atoms with van der Waals surface area (Å²) in [5, 5.41) is 0. The van der Waals surface area contributed by atoms with E-state index in [9.17, 15) is 4.79 Å². The van der Waals surface area contributed by atoms with Crippen molar-refractivity contribution in [3.05, 3.63) is 0 Å². The summed E-state index contributed by atoms with van der Waals surface area (Å²) in [4.78, 5) is 14.4. The molecule has 0 aromatic carbocycles. The second kappa shape index (κ2) is 7.25. The molecule has 1 saturated carbocycles. The fraction of sp³-hybridized carbons (Fsp3) is 0.933. The van der Waals surface area contributed by atoms with Crippen molar-refractivity contribution in [1.82, 2.24) is 4.90 Å². The Kier molecular flexibility index (Phi) is 5.64. The molecule has 0 aromatic heterocycles. The number of nitrogens with two attached hydrogens (primary N) is 1. The van der Waals surface area contributed by atoms with Gasteiger partial charge in [-0.1, -0.05) is 26.2 Å². The van der Waals surface area contributed by atoms with Gasteiger partial charge in [0.15, 0.2) is 0 Å². The summed E-state index contributed by atoms with van der Waals surface area (Å²) in [6.45, 7) is 5.62. The maximum Gasteiger partial charge on any atom is 0.227 e. The van der Waals surface area contributed by atoms with Crippen molar-refractivity contribution < 1.29 is 9.53 Å². The molecule has 2 aliphatic rings. The van der Waals surface area contributed by atoms with Crippen LogP contribution in [0.2, 0.25) is 0 Å². The normalized spacial score (nSPS) is 30.1. The topological polar surface area (TPSA) is 55.6 Å². The third-order valence-electron chi connectivity index (χ3n) is 4.62. The van der Waals surface area contributed by atoms with Crippen LogP contribution in [0.3, 0.4) is 0 Å². The molecule has 3 unspecified atom stereocenters. The van der Waals surface area contributed by atoms with E-state index in [4.69, 9.17) is 10.5 Å². The maximum absolute atomic E-state index is 12.5. The van der Waals surface area contributed by atoms with Crippen LogP contribution in [-0.4, -0.2) is 43.7 Å². The Morgan fingerprint density at radius 3 is 2.74 bits per heavy atom. The van der Waals surface area contributed by atoms with Gasteiger partial charge in [0.25, 0.3) is 0 Å². The van der Waals surface area contributed by atoms with E-state index in [2.05, 4.69) is 6.92 Å². The average molecular weight is 268 g/mol. The van der Waals surface area contributed by atoms with Crippen LogP contribution in [0.25, 0.3) is 0 Å². The van der Waals surface area contributed by atoms with E-state index in [1.54, 1.807) is 0 Å². The highest BCUT2D eigenvalue weighted by atomic mass is 16.5. The van der Waals surface area contributed by atoms with Crippen LogP contribution in [0, 0.1) is 17.8 Å². The van der Waals surface area contributed by atoms with Gasteiger partial charge in [-0.15, -0.1) is 0 Å². The SMILES string of the molecule is CC1CCCC(CC(CN)C(=O)N2CCOCC2)C1. The third-order valence-corrected chi connectivity index (χ3v) is 4.62. The van der Waals surface area contributed by atoms with Crippen molar-refractivity contribution in [3.63, 3.8) is 0 Å². The van der Waals surface area contributed by atoms with Crippen LogP contribution >= 0.6 is 0 Å². The summed E-state index contributed by atoms with van der Waals surface area (Å²) in [7, 11) is 0. The number of carbonyl (C=O) groups excluding carboxylic acids is 1. The molecular weight excluding hydrogens is 240 g/mol. The molecular formula is C15H28N2O2. The molecule has 1 saturated heterocycles. The van der Waals surface area contributed by atoms with E-state index in [-0.39, 0.29) is 11.8 Å². The molecule has 2 rings (SSSR count). The molecule has 19 heavy (non-hydrogen) atoms. The standard InChI is InChI=1S/C15H28N2O2/c1-12-3-2-4-13(9-12)10-14(11-16)15(18)17-5-7-19-8-6-17/h12-14H,2-11,16H2,1H3. The lowest BCUT2D eigenvalue weighted by Gasteiger charge is -2.33. The molecule has 110 valence electrons. The second-order valence-corrected chi connectivity index (χ2v) is 6.24. The molecule has 0 aromatic rings. The fourth-order valence-corrected chi connectivity index (χ4v) is 3.52. The molecule has 1 aliphatic heterocycles. The minimum Gasteiger partial charge on any atom is -0.378 e. The number of nitrogens with zero attached hydrogens (tertiary/aromatic N) is 1. The van der Waals surface area contributed by atoms with Gasteiger partial charge in [-0.3, -0.25) is 4.79 Å². The molecule has 2 fully saturated rings. The quantitative estimate of drug-likeness (QED) is 0.843. The van der Waals surface area contributed by atoms with Crippen LogP contribution in [0.4, 0.5) is 0 Å². The fourth-order valence-electron chi connectivity index (χ4n) is 3.52. The number of hydrogen-bond donors (Lipinski definition) is 1. The van der Waals surface area contributed by atoms with Gasteiger partial charge < -0.3 is 15.4 Å². The first-order valence-electron chi connectivity index (χ1n) is 7.77. The number of amides is 1. The van der Waals surface area contributed by atoms with Crippen LogP contribution < -0.4 is 5.73 Å². The van der Waals surface area contributed by atoms with Gasteiger partial charge >= 0.3 is 0 Å². The highest BCUT2D eigenvalue weighted by molar-refractivity contribution is 5.79.